The van der Waals surface area contributed by atoms with Crippen LogP contribution in [0.15, 0.2) is 30.9 Å². The highest BCUT2D eigenvalue weighted by Crippen LogP contribution is 2.41. The number of fused-ring (bicyclic) bond motifs is 1. The number of benzene rings is 1. The van der Waals surface area contributed by atoms with Gasteiger partial charge >= 0.3 is 0 Å². The van der Waals surface area contributed by atoms with E-state index in [9.17, 15) is 9.59 Å². The third-order valence-electron chi connectivity index (χ3n) is 8.50. The molecule has 2 amide bonds. The summed E-state index contributed by atoms with van der Waals surface area (Å²) in [7, 11) is 4.19. The van der Waals surface area contributed by atoms with Gasteiger partial charge in [-0.2, -0.15) is 0 Å². The molecule has 3 atom stereocenters. The summed E-state index contributed by atoms with van der Waals surface area (Å²) in [6.45, 7) is 16.2. The second kappa shape index (κ2) is 15.4. The predicted octanol–water partition coefficient (Wildman–Crippen LogP) is 4.42. The van der Waals surface area contributed by atoms with Crippen LogP contribution in [0.3, 0.4) is 0 Å². The van der Waals surface area contributed by atoms with Gasteiger partial charge in [-0.25, -0.2) is 0 Å². The number of likely N-dealkylation sites (tertiary alicyclic amines) is 1. The third-order valence-corrected chi connectivity index (χ3v) is 8.50. The van der Waals surface area contributed by atoms with Gasteiger partial charge in [-0.3, -0.25) is 14.5 Å². The molecule has 0 radical (unpaired) electrons. The lowest BCUT2D eigenvalue weighted by atomic mass is 9.83. The summed E-state index contributed by atoms with van der Waals surface area (Å²) in [5.74, 6) is 1.81. The van der Waals surface area contributed by atoms with Crippen molar-refractivity contribution >= 4 is 11.8 Å². The van der Waals surface area contributed by atoms with Gasteiger partial charge in [0.05, 0.1) is 13.2 Å². The Morgan fingerprint density at radius 2 is 1.82 bits per heavy atom. The monoisotopic (exact) mass is 540 g/mol. The van der Waals surface area contributed by atoms with Crippen LogP contribution in [0.1, 0.15) is 69.9 Å². The van der Waals surface area contributed by atoms with E-state index in [0.29, 0.717) is 19.6 Å². The van der Waals surface area contributed by atoms with E-state index in [1.807, 2.05) is 11.8 Å². The van der Waals surface area contributed by atoms with Gasteiger partial charge in [0.2, 0.25) is 11.8 Å². The van der Waals surface area contributed by atoms with Gasteiger partial charge in [0, 0.05) is 63.9 Å². The predicted molar refractivity (Wildman–Crippen MR) is 159 cm³/mol. The van der Waals surface area contributed by atoms with Gasteiger partial charge in [-0.15, -0.1) is 6.58 Å². The normalized spacial score (nSPS) is 20.6. The minimum Gasteiger partial charge on any atom is -0.493 e. The minimum atomic E-state index is 0.104. The van der Waals surface area contributed by atoms with Crippen LogP contribution in [0.2, 0.25) is 0 Å². The van der Waals surface area contributed by atoms with Crippen LogP contribution in [-0.2, 0) is 16.0 Å². The van der Waals surface area contributed by atoms with Gasteiger partial charge in [-0.1, -0.05) is 31.6 Å². The molecule has 0 saturated carbocycles. The molecule has 1 fully saturated rings. The van der Waals surface area contributed by atoms with E-state index in [0.717, 1.165) is 77.1 Å². The zero-order valence-electron chi connectivity index (χ0n) is 25.2. The second-order valence-corrected chi connectivity index (χ2v) is 11.5. The first-order valence-electron chi connectivity index (χ1n) is 15.1. The van der Waals surface area contributed by atoms with E-state index in [1.54, 1.807) is 6.92 Å². The summed E-state index contributed by atoms with van der Waals surface area (Å²) >= 11 is 0. The number of hydrogen-bond donors (Lipinski definition) is 0. The quantitative estimate of drug-likeness (QED) is 0.230. The van der Waals surface area contributed by atoms with Gasteiger partial charge < -0.3 is 19.4 Å². The number of carbonyl (C=O) groups excluding carboxylic acids is 2. The topological polar surface area (TPSA) is 56.3 Å². The molecular formula is C32H52N4O3. The zero-order valence-corrected chi connectivity index (χ0v) is 25.2. The maximum Gasteiger partial charge on any atom is 0.236 e. The summed E-state index contributed by atoms with van der Waals surface area (Å²) in [6.07, 6.45) is 8.09. The molecule has 0 N–H and O–H groups in total. The van der Waals surface area contributed by atoms with Gasteiger partial charge in [0.1, 0.15) is 5.75 Å². The van der Waals surface area contributed by atoms with Crippen molar-refractivity contribution in [3.8, 4) is 5.75 Å². The van der Waals surface area contributed by atoms with Crippen molar-refractivity contribution in [2.75, 3.05) is 66.5 Å². The highest BCUT2D eigenvalue weighted by Gasteiger charge is 2.42. The maximum absolute atomic E-state index is 13.7. The molecule has 1 aromatic rings. The first kappa shape index (κ1) is 31.2. The van der Waals surface area contributed by atoms with Crippen LogP contribution in [0, 0.1) is 5.92 Å². The number of carbonyl (C=O) groups is 2. The van der Waals surface area contributed by atoms with Crippen LogP contribution >= 0.6 is 0 Å². The number of hydrogen-bond acceptors (Lipinski definition) is 5. The molecule has 2 heterocycles. The summed E-state index contributed by atoms with van der Waals surface area (Å²) in [5, 5.41) is 0. The van der Waals surface area contributed by atoms with E-state index in [4.69, 9.17) is 4.74 Å². The molecule has 2 aliphatic rings. The standard InChI is InChI=1S/C32H52N4O3/c1-7-10-18-35(19-12-11-17-33(5)6)32(38)24-36-23-29(26-13-14-31-27(22-26)16-21-39-31)28(8-2)30(36)15-20-34(9-3)25(4)37/h8,13-14,22,28-30H,2,7,9-12,15-21,23-24H2,1,3-6H3/t28-,29-,30+/m1/s1. The second-order valence-electron chi connectivity index (χ2n) is 11.5. The molecule has 0 unspecified atom stereocenters. The van der Waals surface area contributed by atoms with Gasteiger partial charge in [0.15, 0.2) is 0 Å². The Morgan fingerprint density at radius 3 is 2.49 bits per heavy atom. The molecule has 7 nitrogen and oxygen atoms in total. The summed E-state index contributed by atoms with van der Waals surface area (Å²) < 4.78 is 5.75. The molecule has 0 bridgehead atoms. The number of nitrogens with zero attached hydrogens (tertiary/aromatic N) is 4. The Labute approximate surface area is 237 Å². The molecule has 7 heteroatoms. The fourth-order valence-corrected chi connectivity index (χ4v) is 6.21. The number of unbranched alkanes of at least 4 members (excludes halogenated alkanes) is 2. The van der Waals surface area contributed by atoms with E-state index < -0.39 is 0 Å². The summed E-state index contributed by atoms with van der Waals surface area (Å²) in [4.78, 5) is 34.5. The highest BCUT2D eigenvalue weighted by atomic mass is 16.5. The largest absolute Gasteiger partial charge is 0.493 e. The van der Waals surface area contributed by atoms with E-state index >= 15 is 0 Å². The molecule has 0 aliphatic carbocycles. The maximum atomic E-state index is 13.7. The van der Waals surface area contributed by atoms with Crippen molar-refractivity contribution in [3.05, 3.63) is 42.0 Å². The van der Waals surface area contributed by atoms with Gasteiger partial charge in [0.25, 0.3) is 0 Å². The molecule has 1 aromatic carbocycles. The molecule has 2 aliphatic heterocycles. The van der Waals surface area contributed by atoms with Crippen LogP contribution in [-0.4, -0.2) is 104 Å². The fraction of sp³-hybridized carbons (Fsp3) is 0.688. The van der Waals surface area contributed by atoms with Crippen molar-refractivity contribution in [1.29, 1.82) is 0 Å². The number of amides is 2. The van der Waals surface area contributed by atoms with Crippen molar-refractivity contribution in [2.45, 2.75) is 71.3 Å². The molecule has 3 rings (SSSR count). The Bertz CT molecular complexity index is 949. The number of ether oxygens (including phenoxy) is 1. The molecule has 0 spiro atoms. The first-order valence-corrected chi connectivity index (χ1v) is 15.1. The average molecular weight is 541 g/mol. The molecule has 1 saturated heterocycles. The minimum absolute atomic E-state index is 0.104. The lowest BCUT2D eigenvalue weighted by Crippen LogP contribution is -2.45. The Balaban J connectivity index is 1.79. The van der Waals surface area contributed by atoms with Crippen molar-refractivity contribution in [1.82, 2.24) is 19.6 Å². The summed E-state index contributed by atoms with van der Waals surface area (Å²) in [5.41, 5.74) is 2.58. The SMILES string of the molecule is C=C[C@@H]1[C@@H](c2ccc3c(c2)CCO3)CN(CC(=O)N(CCCC)CCCCN(C)C)[C@H]1CCN(CC)C(C)=O. The lowest BCUT2D eigenvalue weighted by Gasteiger charge is -2.31. The van der Waals surface area contributed by atoms with E-state index in [1.165, 1.54) is 11.1 Å². The first-order chi connectivity index (χ1) is 18.8. The average Bonchev–Trinajstić information content (AvgIpc) is 3.52. The van der Waals surface area contributed by atoms with E-state index in [2.05, 4.69) is 66.6 Å². The van der Waals surface area contributed by atoms with Crippen molar-refractivity contribution in [2.24, 2.45) is 5.92 Å². The summed E-state index contributed by atoms with van der Waals surface area (Å²) in [6, 6.07) is 6.77. The van der Waals surface area contributed by atoms with Crippen LogP contribution in [0.25, 0.3) is 0 Å². The Hall–Kier alpha value is -2.38. The van der Waals surface area contributed by atoms with Crippen LogP contribution < -0.4 is 4.74 Å². The number of rotatable bonds is 16. The van der Waals surface area contributed by atoms with Gasteiger partial charge in [-0.05, 0) is 70.4 Å². The van der Waals surface area contributed by atoms with Crippen LogP contribution in [0.5, 0.6) is 5.75 Å². The molecule has 0 aromatic heterocycles. The van der Waals surface area contributed by atoms with Crippen molar-refractivity contribution < 1.29 is 14.3 Å². The molecule has 218 valence electrons. The van der Waals surface area contributed by atoms with Crippen LogP contribution in [0.4, 0.5) is 0 Å². The molecular weight excluding hydrogens is 488 g/mol. The Morgan fingerprint density at radius 1 is 1.08 bits per heavy atom. The smallest absolute Gasteiger partial charge is 0.236 e. The van der Waals surface area contributed by atoms with Crippen molar-refractivity contribution in [3.63, 3.8) is 0 Å². The fourth-order valence-electron chi connectivity index (χ4n) is 6.21. The van der Waals surface area contributed by atoms with E-state index in [-0.39, 0.29) is 29.7 Å². The highest BCUT2D eigenvalue weighted by molar-refractivity contribution is 5.78. The third kappa shape index (κ3) is 8.55. The Kier molecular flexibility index (Phi) is 12.3. The lowest BCUT2D eigenvalue weighted by molar-refractivity contribution is -0.133. The zero-order chi connectivity index (χ0) is 28.4. The molecule has 39 heavy (non-hydrogen) atoms.